The van der Waals surface area contributed by atoms with Crippen LogP contribution in [0.5, 0.6) is 11.5 Å². The van der Waals surface area contributed by atoms with Gasteiger partial charge in [-0.2, -0.15) is 0 Å². The molecule has 0 bridgehead atoms. The maximum absolute atomic E-state index is 12.5. The SMILES string of the molecule is COc1ccccc1CNC(=O)CSc1nnc(-c2cccs2)n1-c1ccccc1OC. The molecule has 4 rings (SSSR count). The van der Waals surface area contributed by atoms with Crippen molar-refractivity contribution < 1.29 is 14.3 Å². The van der Waals surface area contributed by atoms with Crippen LogP contribution >= 0.6 is 23.1 Å². The average Bonchev–Trinajstić information content (AvgIpc) is 3.51. The Bertz CT molecular complexity index is 1190. The fourth-order valence-corrected chi connectivity index (χ4v) is 4.66. The van der Waals surface area contributed by atoms with Crippen LogP contribution in [-0.4, -0.2) is 40.6 Å². The van der Waals surface area contributed by atoms with Crippen LogP contribution in [0.25, 0.3) is 16.4 Å². The fourth-order valence-electron chi connectivity index (χ4n) is 3.18. The molecule has 2 aromatic carbocycles. The van der Waals surface area contributed by atoms with Crippen molar-refractivity contribution in [3.63, 3.8) is 0 Å². The Kier molecular flexibility index (Phi) is 7.08. The number of thiophene rings is 1. The topological polar surface area (TPSA) is 78.3 Å². The Hall–Kier alpha value is -3.30. The lowest BCUT2D eigenvalue weighted by Crippen LogP contribution is -2.25. The van der Waals surface area contributed by atoms with Gasteiger partial charge in [0.15, 0.2) is 11.0 Å². The molecule has 1 N–H and O–H groups in total. The van der Waals surface area contributed by atoms with Crippen LogP contribution in [0.15, 0.2) is 71.2 Å². The minimum Gasteiger partial charge on any atom is -0.496 e. The maximum Gasteiger partial charge on any atom is 0.230 e. The third-order valence-electron chi connectivity index (χ3n) is 4.70. The first kappa shape index (κ1) is 21.9. The summed E-state index contributed by atoms with van der Waals surface area (Å²) in [4.78, 5) is 13.5. The highest BCUT2D eigenvalue weighted by Crippen LogP contribution is 2.34. The molecular formula is C23H22N4O3S2. The Morgan fingerprint density at radius 2 is 1.75 bits per heavy atom. The van der Waals surface area contributed by atoms with E-state index < -0.39 is 0 Å². The van der Waals surface area contributed by atoms with Gasteiger partial charge in [0.05, 0.1) is 30.5 Å². The number of carbonyl (C=O) groups excluding carboxylic acids is 1. The summed E-state index contributed by atoms with van der Waals surface area (Å²) >= 11 is 2.91. The van der Waals surface area contributed by atoms with E-state index in [1.807, 2.05) is 70.6 Å². The Morgan fingerprint density at radius 3 is 2.50 bits per heavy atom. The summed E-state index contributed by atoms with van der Waals surface area (Å²) in [7, 11) is 3.25. The number of benzene rings is 2. The van der Waals surface area contributed by atoms with Gasteiger partial charge in [-0.15, -0.1) is 21.5 Å². The number of nitrogens with one attached hydrogen (secondary N) is 1. The van der Waals surface area contributed by atoms with Crippen LogP contribution in [0.3, 0.4) is 0 Å². The van der Waals surface area contributed by atoms with Gasteiger partial charge in [-0.1, -0.05) is 48.2 Å². The second kappa shape index (κ2) is 10.3. The fraction of sp³-hybridized carbons (Fsp3) is 0.174. The van der Waals surface area contributed by atoms with E-state index in [0.717, 1.165) is 21.9 Å². The molecule has 4 aromatic rings. The van der Waals surface area contributed by atoms with E-state index in [4.69, 9.17) is 9.47 Å². The van der Waals surface area contributed by atoms with Crippen LogP contribution in [0.1, 0.15) is 5.56 Å². The first-order valence-electron chi connectivity index (χ1n) is 9.85. The second-order valence-corrected chi connectivity index (χ2v) is 8.56. The standard InChI is InChI=1S/C23H22N4O3S2/c1-29-18-10-5-3-8-16(18)14-24-21(28)15-32-23-26-25-22(20-12-7-13-31-20)27(23)17-9-4-6-11-19(17)30-2/h3-13H,14-15H2,1-2H3,(H,24,28). The number of thioether (sulfide) groups is 1. The number of nitrogens with zero attached hydrogens (tertiary/aromatic N) is 3. The van der Waals surface area contributed by atoms with Crippen molar-refractivity contribution in [2.24, 2.45) is 0 Å². The van der Waals surface area contributed by atoms with Crippen molar-refractivity contribution in [2.75, 3.05) is 20.0 Å². The van der Waals surface area contributed by atoms with E-state index in [-0.39, 0.29) is 11.7 Å². The van der Waals surface area contributed by atoms with Gasteiger partial charge in [0.1, 0.15) is 11.5 Å². The van der Waals surface area contributed by atoms with Crippen molar-refractivity contribution in [3.05, 3.63) is 71.6 Å². The molecule has 0 spiro atoms. The van der Waals surface area contributed by atoms with Crippen molar-refractivity contribution in [1.29, 1.82) is 0 Å². The zero-order chi connectivity index (χ0) is 22.3. The Labute approximate surface area is 194 Å². The van der Waals surface area contributed by atoms with Gasteiger partial charge in [0.2, 0.25) is 5.91 Å². The molecule has 2 aromatic heterocycles. The number of rotatable bonds is 9. The first-order valence-corrected chi connectivity index (χ1v) is 11.7. The highest BCUT2D eigenvalue weighted by molar-refractivity contribution is 7.99. The minimum absolute atomic E-state index is 0.104. The number of para-hydroxylation sites is 3. The van der Waals surface area contributed by atoms with Crippen LogP contribution in [0, 0.1) is 0 Å². The van der Waals surface area contributed by atoms with E-state index in [1.165, 1.54) is 11.8 Å². The second-order valence-electron chi connectivity index (χ2n) is 6.67. The molecule has 0 aliphatic heterocycles. The van der Waals surface area contributed by atoms with E-state index in [9.17, 15) is 4.79 Å². The summed E-state index contributed by atoms with van der Waals surface area (Å²) in [6.07, 6.45) is 0. The van der Waals surface area contributed by atoms with Crippen LogP contribution < -0.4 is 14.8 Å². The molecule has 0 fully saturated rings. The van der Waals surface area contributed by atoms with Gasteiger partial charge < -0.3 is 14.8 Å². The monoisotopic (exact) mass is 466 g/mol. The van der Waals surface area contributed by atoms with Crippen LogP contribution in [-0.2, 0) is 11.3 Å². The van der Waals surface area contributed by atoms with Crippen molar-refractivity contribution in [1.82, 2.24) is 20.1 Å². The molecule has 0 unspecified atom stereocenters. The molecule has 32 heavy (non-hydrogen) atoms. The molecule has 0 saturated heterocycles. The van der Waals surface area contributed by atoms with Gasteiger partial charge in [0, 0.05) is 12.1 Å². The Balaban J connectivity index is 1.53. The molecule has 7 nitrogen and oxygen atoms in total. The third-order valence-corrected chi connectivity index (χ3v) is 6.50. The molecule has 164 valence electrons. The maximum atomic E-state index is 12.5. The number of carbonyl (C=O) groups is 1. The van der Waals surface area contributed by atoms with Crippen molar-refractivity contribution in [3.8, 4) is 27.9 Å². The molecule has 0 aliphatic carbocycles. The quantitative estimate of drug-likeness (QED) is 0.368. The van der Waals surface area contributed by atoms with Crippen LogP contribution in [0.2, 0.25) is 0 Å². The number of hydrogen-bond acceptors (Lipinski definition) is 7. The van der Waals surface area contributed by atoms with Gasteiger partial charge in [-0.3, -0.25) is 9.36 Å². The van der Waals surface area contributed by atoms with Gasteiger partial charge in [0.25, 0.3) is 0 Å². The predicted octanol–water partition coefficient (Wildman–Crippen LogP) is 4.42. The number of amides is 1. The lowest BCUT2D eigenvalue weighted by Gasteiger charge is -2.13. The van der Waals surface area contributed by atoms with Gasteiger partial charge in [-0.05, 0) is 29.6 Å². The summed E-state index contributed by atoms with van der Waals surface area (Å²) in [5.41, 5.74) is 1.74. The van der Waals surface area contributed by atoms with Crippen molar-refractivity contribution >= 4 is 29.0 Å². The number of methoxy groups -OCH3 is 2. The summed E-state index contributed by atoms with van der Waals surface area (Å²) in [5, 5.41) is 14.3. The first-order chi connectivity index (χ1) is 15.7. The lowest BCUT2D eigenvalue weighted by molar-refractivity contribution is -0.118. The number of ether oxygens (including phenoxy) is 2. The summed E-state index contributed by atoms with van der Waals surface area (Å²) < 4.78 is 12.8. The third kappa shape index (κ3) is 4.79. The number of hydrogen-bond donors (Lipinski definition) is 1. The molecule has 0 aliphatic rings. The molecule has 9 heteroatoms. The zero-order valence-corrected chi connectivity index (χ0v) is 19.3. The predicted molar refractivity (Wildman–Crippen MR) is 127 cm³/mol. The molecular weight excluding hydrogens is 444 g/mol. The number of aromatic nitrogens is 3. The molecule has 0 radical (unpaired) electrons. The molecule has 0 saturated carbocycles. The highest BCUT2D eigenvalue weighted by atomic mass is 32.2. The van der Waals surface area contributed by atoms with E-state index >= 15 is 0 Å². The largest absolute Gasteiger partial charge is 0.496 e. The normalized spacial score (nSPS) is 10.7. The lowest BCUT2D eigenvalue weighted by atomic mass is 10.2. The average molecular weight is 467 g/mol. The van der Waals surface area contributed by atoms with Gasteiger partial charge in [-0.25, -0.2) is 0 Å². The van der Waals surface area contributed by atoms with E-state index in [1.54, 1.807) is 25.6 Å². The smallest absolute Gasteiger partial charge is 0.230 e. The summed E-state index contributed by atoms with van der Waals surface area (Å²) in [6.45, 7) is 0.392. The highest BCUT2D eigenvalue weighted by Gasteiger charge is 2.20. The molecule has 0 atom stereocenters. The summed E-state index contributed by atoms with van der Waals surface area (Å²) in [6, 6.07) is 19.3. The zero-order valence-electron chi connectivity index (χ0n) is 17.6. The van der Waals surface area contributed by atoms with Crippen molar-refractivity contribution in [2.45, 2.75) is 11.7 Å². The summed E-state index contributed by atoms with van der Waals surface area (Å²) in [5.74, 6) is 2.26. The van der Waals surface area contributed by atoms with Crippen LogP contribution in [0.4, 0.5) is 0 Å². The Morgan fingerprint density at radius 1 is 1.00 bits per heavy atom. The molecule has 1 amide bonds. The van der Waals surface area contributed by atoms with Gasteiger partial charge >= 0.3 is 0 Å². The molecule has 2 heterocycles. The van der Waals surface area contributed by atoms with E-state index in [0.29, 0.717) is 23.3 Å². The van der Waals surface area contributed by atoms with E-state index in [2.05, 4.69) is 15.5 Å². The minimum atomic E-state index is -0.104.